The third-order valence-electron chi connectivity index (χ3n) is 5.95. The smallest absolute Gasteiger partial charge is 0.266 e. The highest BCUT2D eigenvalue weighted by molar-refractivity contribution is 7.86. The maximum Gasteiger partial charge on any atom is 0.266 e. The first-order chi connectivity index (χ1) is 22.8. The van der Waals surface area contributed by atoms with Crippen LogP contribution in [0.15, 0.2) is 24.3 Å². The Morgan fingerprint density at radius 3 is 1.25 bits per heavy atom. The summed E-state index contributed by atoms with van der Waals surface area (Å²) < 4.78 is 62.8. The zero-order valence-electron chi connectivity index (χ0n) is 25.5. The van der Waals surface area contributed by atoms with Gasteiger partial charge in [0.25, 0.3) is 20.2 Å². The van der Waals surface area contributed by atoms with Crippen LogP contribution in [0.1, 0.15) is 0 Å². The average molecular weight is 719 g/mol. The quantitative estimate of drug-likeness (QED) is 0.0489. The number of aliphatic hydroxyl groups excluding tert-OH is 4. The third-order valence-corrected chi connectivity index (χ3v) is 7.39. The molecule has 0 aliphatic heterocycles. The van der Waals surface area contributed by atoms with E-state index in [1.165, 1.54) is 9.80 Å². The molecule has 0 amide bonds. The molecule has 22 nitrogen and oxygen atoms in total. The lowest BCUT2D eigenvalue weighted by atomic mass is 10.3. The van der Waals surface area contributed by atoms with Crippen molar-refractivity contribution in [3.63, 3.8) is 0 Å². The summed E-state index contributed by atoms with van der Waals surface area (Å²) in [7, 11) is -8.53. The van der Waals surface area contributed by atoms with Crippen molar-refractivity contribution in [3.8, 4) is 0 Å². The largest absolute Gasteiger partial charge is 0.395 e. The van der Waals surface area contributed by atoms with Gasteiger partial charge in [0, 0.05) is 50.6 Å². The molecule has 266 valence electrons. The highest BCUT2D eigenvalue weighted by Crippen LogP contribution is 2.23. The van der Waals surface area contributed by atoms with Crippen LogP contribution < -0.4 is 31.1 Å². The van der Waals surface area contributed by atoms with Gasteiger partial charge in [0.15, 0.2) is 0 Å². The predicted octanol–water partition coefficient (Wildman–Crippen LogP) is -2.27. The van der Waals surface area contributed by atoms with Crippen molar-refractivity contribution in [2.75, 3.05) is 108 Å². The summed E-state index contributed by atoms with van der Waals surface area (Å²) in [6, 6.07) is 6.64. The molecular formula is C24H38N12O10S2. The number of hydrogen-bond acceptors (Lipinski definition) is 20. The van der Waals surface area contributed by atoms with E-state index in [4.69, 9.17) is 9.11 Å². The van der Waals surface area contributed by atoms with Crippen molar-refractivity contribution >= 4 is 67.3 Å². The molecule has 1 aromatic carbocycles. The molecule has 24 heteroatoms. The van der Waals surface area contributed by atoms with E-state index >= 15 is 0 Å². The van der Waals surface area contributed by atoms with Gasteiger partial charge in [-0.2, -0.15) is 46.7 Å². The van der Waals surface area contributed by atoms with Crippen molar-refractivity contribution in [1.82, 2.24) is 29.9 Å². The van der Waals surface area contributed by atoms with Crippen molar-refractivity contribution in [3.05, 3.63) is 24.3 Å². The van der Waals surface area contributed by atoms with E-state index in [2.05, 4.69) is 51.2 Å². The molecule has 0 spiro atoms. The van der Waals surface area contributed by atoms with Crippen LogP contribution in [0.25, 0.3) is 0 Å². The Morgan fingerprint density at radius 1 is 0.562 bits per heavy atom. The number of anilines is 8. The van der Waals surface area contributed by atoms with Crippen molar-refractivity contribution in [2.45, 2.75) is 0 Å². The maximum atomic E-state index is 11.2. The van der Waals surface area contributed by atoms with E-state index < -0.39 is 31.7 Å². The molecule has 2 heterocycles. The minimum atomic E-state index is -4.26. The van der Waals surface area contributed by atoms with Gasteiger partial charge in [0.2, 0.25) is 35.7 Å². The fraction of sp³-hybridized carbons (Fsp3) is 0.500. The van der Waals surface area contributed by atoms with E-state index in [-0.39, 0.29) is 101 Å². The summed E-state index contributed by atoms with van der Waals surface area (Å²) in [6.45, 7) is -1.27. The number of aliphatic hydroxyl groups is 4. The number of nitrogens with zero attached hydrogens (tertiary/aromatic N) is 8. The molecule has 0 aliphatic carbocycles. The lowest BCUT2D eigenvalue weighted by molar-refractivity contribution is 0.279. The Bertz CT molecular complexity index is 1560. The lowest BCUT2D eigenvalue weighted by Gasteiger charge is -2.22. The number of rotatable bonds is 22. The normalized spacial score (nSPS) is 11.6. The van der Waals surface area contributed by atoms with Crippen LogP contribution in [0.4, 0.5) is 47.1 Å². The third kappa shape index (κ3) is 13.4. The second kappa shape index (κ2) is 18.3. The molecule has 3 rings (SSSR count). The molecule has 3 aromatic rings. The van der Waals surface area contributed by atoms with Gasteiger partial charge in [-0.25, -0.2) is 0 Å². The summed E-state index contributed by atoms with van der Waals surface area (Å²) >= 11 is 0. The summed E-state index contributed by atoms with van der Waals surface area (Å²) in [6.07, 6.45) is 0. The van der Waals surface area contributed by atoms with Crippen molar-refractivity contribution in [1.29, 1.82) is 0 Å². The minimum Gasteiger partial charge on any atom is -0.395 e. The van der Waals surface area contributed by atoms with Crippen molar-refractivity contribution in [2.24, 2.45) is 0 Å². The Labute approximate surface area is 275 Å². The molecule has 0 aliphatic rings. The van der Waals surface area contributed by atoms with E-state index in [0.29, 0.717) is 11.4 Å². The number of aromatic nitrogens is 6. The Hall–Kier alpha value is -4.30. The second-order valence-electron chi connectivity index (χ2n) is 9.69. The van der Waals surface area contributed by atoms with Crippen LogP contribution in [0.5, 0.6) is 0 Å². The van der Waals surface area contributed by atoms with Gasteiger partial charge in [-0.3, -0.25) is 9.11 Å². The second-order valence-corrected chi connectivity index (χ2v) is 12.8. The molecule has 0 radical (unpaired) electrons. The Balaban J connectivity index is 1.91. The van der Waals surface area contributed by atoms with Crippen LogP contribution in [0.2, 0.25) is 0 Å². The van der Waals surface area contributed by atoms with Gasteiger partial charge in [-0.1, -0.05) is 6.07 Å². The van der Waals surface area contributed by atoms with E-state index in [1.54, 1.807) is 24.3 Å². The molecule has 48 heavy (non-hydrogen) atoms. The average Bonchev–Trinajstić information content (AvgIpc) is 2.99. The predicted molar refractivity (Wildman–Crippen MR) is 175 cm³/mol. The van der Waals surface area contributed by atoms with Crippen molar-refractivity contribution < 1.29 is 46.4 Å². The van der Waals surface area contributed by atoms with Crippen LogP contribution >= 0.6 is 0 Å². The van der Waals surface area contributed by atoms with Gasteiger partial charge >= 0.3 is 0 Å². The minimum absolute atomic E-state index is 0.00352. The molecule has 0 fully saturated rings. The standard InChI is InChI=1S/C24H38N12O10S2/c37-10-6-35(7-11-38)23-31-19(25-4-14-47(41,42)43)29-21(33-23)27-17-2-1-3-18(16-17)28-22-30-20(26-5-15-48(44,45)46)32-24(34-22)36(8-12-39)9-13-40/h1-3,16,37-40H,4-15H2,(H,41,42,43)(H,44,45,46)(H2,25,27,29,31,33)(H2,26,28,30,32,34). The maximum absolute atomic E-state index is 11.2. The molecule has 0 unspecified atom stereocenters. The lowest BCUT2D eigenvalue weighted by Crippen LogP contribution is -2.32. The van der Waals surface area contributed by atoms with Crippen LogP contribution in [-0.2, 0) is 20.2 Å². The van der Waals surface area contributed by atoms with Gasteiger partial charge < -0.3 is 51.5 Å². The van der Waals surface area contributed by atoms with E-state index in [1.807, 2.05) is 0 Å². The zero-order chi connectivity index (χ0) is 35.2. The van der Waals surface area contributed by atoms with Gasteiger partial charge in [0.1, 0.15) is 0 Å². The number of nitrogens with one attached hydrogen (secondary N) is 4. The first-order valence-electron chi connectivity index (χ1n) is 14.3. The molecule has 0 saturated carbocycles. The first-order valence-corrected chi connectivity index (χ1v) is 17.5. The fourth-order valence-corrected chi connectivity index (χ4v) is 4.63. The number of hydrogen-bond donors (Lipinski definition) is 10. The molecule has 10 N–H and O–H groups in total. The highest BCUT2D eigenvalue weighted by Gasteiger charge is 2.17. The van der Waals surface area contributed by atoms with E-state index in [9.17, 15) is 37.3 Å². The molecule has 2 aromatic heterocycles. The van der Waals surface area contributed by atoms with E-state index in [0.717, 1.165) is 0 Å². The summed E-state index contributed by atoms with van der Waals surface area (Å²) in [4.78, 5) is 28.6. The summed E-state index contributed by atoms with van der Waals surface area (Å²) in [5, 5.41) is 49.3. The Kier molecular flexibility index (Phi) is 14.5. The first kappa shape index (κ1) is 38.2. The zero-order valence-corrected chi connectivity index (χ0v) is 27.1. The van der Waals surface area contributed by atoms with Gasteiger partial charge in [-0.15, -0.1) is 0 Å². The Morgan fingerprint density at radius 2 is 0.917 bits per heavy atom. The molecule has 0 atom stereocenters. The summed E-state index contributed by atoms with van der Waals surface area (Å²) in [5.74, 6) is -1.21. The molecule has 0 bridgehead atoms. The van der Waals surface area contributed by atoms with Gasteiger partial charge in [0.05, 0.1) is 37.9 Å². The topological polar surface area (TPSA) is 322 Å². The number of benzene rings is 1. The van der Waals surface area contributed by atoms with Gasteiger partial charge in [-0.05, 0) is 18.2 Å². The summed E-state index contributed by atoms with van der Waals surface area (Å²) in [5.41, 5.74) is 0.889. The van der Waals surface area contributed by atoms with Crippen LogP contribution in [-0.4, -0.2) is 153 Å². The molecular weight excluding hydrogens is 680 g/mol. The van der Waals surface area contributed by atoms with Crippen LogP contribution in [0.3, 0.4) is 0 Å². The monoisotopic (exact) mass is 718 g/mol. The SMILES string of the molecule is O=S(=O)(O)CCNc1nc(Nc2cccc(Nc3nc(NCCS(=O)(=O)O)nc(N(CCO)CCO)n3)c2)nc(N(CCO)CCO)n1. The highest BCUT2D eigenvalue weighted by atomic mass is 32.2. The molecule has 0 saturated heterocycles. The van der Waals surface area contributed by atoms with Crippen LogP contribution in [0, 0.1) is 0 Å². The fourth-order valence-electron chi connectivity index (χ4n) is 3.91.